The summed E-state index contributed by atoms with van der Waals surface area (Å²) in [5.74, 6) is -1.07. The Hall–Kier alpha value is -1.14. The highest BCUT2D eigenvalue weighted by atomic mass is 16.5. The lowest BCUT2D eigenvalue weighted by Gasteiger charge is -2.33. The first-order chi connectivity index (χ1) is 9.17. The largest absolute Gasteiger partial charge is 0.481 e. The second-order valence-corrected chi connectivity index (χ2v) is 6.65. The van der Waals surface area contributed by atoms with Crippen LogP contribution in [0.5, 0.6) is 0 Å². The van der Waals surface area contributed by atoms with E-state index in [0.29, 0.717) is 26.1 Å². The SMILES string of the molecule is CC(C)(C)C(N)CC(=O)NCC1(C(=O)O)CCOCC1. The lowest BCUT2D eigenvalue weighted by Crippen LogP contribution is -2.48. The van der Waals surface area contributed by atoms with Crippen LogP contribution in [0.1, 0.15) is 40.0 Å². The lowest BCUT2D eigenvalue weighted by molar-refractivity contribution is -0.154. The standard InChI is InChI=1S/C14H26N2O4/c1-13(2,3)10(15)8-11(17)16-9-14(12(18)19)4-6-20-7-5-14/h10H,4-9,15H2,1-3H3,(H,16,17)(H,18,19). The summed E-state index contributed by atoms with van der Waals surface area (Å²) in [6, 6.07) is -0.252. The molecule has 1 fully saturated rings. The fourth-order valence-electron chi connectivity index (χ4n) is 2.07. The number of hydrogen-bond donors (Lipinski definition) is 3. The van der Waals surface area contributed by atoms with Crippen LogP contribution in [-0.2, 0) is 14.3 Å². The van der Waals surface area contributed by atoms with Gasteiger partial charge in [-0.1, -0.05) is 20.8 Å². The first-order valence-electron chi connectivity index (χ1n) is 7.01. The number of carbonyl (C=O) groups is 2. The van der Waals surface area contributed by atoms with Crippen molar-refractivity contribution in [3.05, 3.63) is 0 Å². The zero-order valence-electron chi connectivity index (χ0n) is 12.6. The van der Waals surface area contributed by atoms with E-state index in [0.717, 1.165) is 0 Å². The van der Waals surface area contributed by atoms with Crippen molar-refractivity contribution in [2.45, 2.75) is 46.1 Å². The molecule has 0 aliphatic carbocycles. The van der Waals surface area contributed by atoms with E-state index in [1.54, 1.807) is 0 Å². The molecule has 1 amide bonds. The Morgan fingerprint density at radius 3 is 2.35 bits per heavy atom. The molecule has 0 aromatic carbocycles. The highest BCUT2D eigenvalue weighted by molar-refractivity contribution is 5.79. The Morgan fingerprint density at radius 1 is 1.35 bits per heavy atom. The van der Waals surface area contributed by atoms with Crippen LogP contribution in [0.2, 0.25) is 0 Å². The highest BCUT2D eigenvalue weighted by Gasteiger charge is 2.40. The first-order valence-corrected chi connectivity index (χ1v) is 7.01. The van der Waals surface area contributed by atoms with Gasteiger partial charge in [0.05, 0.1) is 5.41 Å². The number of amides is 1. The number of ether oxygens (including phenoxy) is 1. The van der Waals surface area contributed by atoms with Crippen molar-refractivity contribution in [2.75, 3.05) is 19.8 Å². The molecule has 6 nitrogen and oxygen atoms in total. The van der Waals surface area contributed by atoms with Gasteiger partial charge in [-0.3, -0.25) is 9.59 Å². The average Bonchev–Trinajstić information content (AvgIpc) is 2.36. The fourth-order valence-corrected chi connectivity index (χ4v) is 2.07. The minimum Gasteiger partial charge on any atom is -0.481 e. The van der Waals surface area contributed by atoms with E-state index in [-0.39, 0.29) is 30.3 Å². The minimum absolute atomic E-state index is 0.140. The molecular weight excluding hydrogens is 260 g/mol. The van der Waals surface area contributed by atoms with Crippen LogP contribution in [0.3, 0.4) is 0 Å². The molecule has 1 atom stereocenters. The van der Waals surface area contributed by atoms with E-state index in [1.807, 2.05) is 20.8 Å². The normalized spacial score (nSPS) is 20.2. The van der Waals surface area contributed by atoms with Gasteiger partial charge in [-0.15, -0.1) is 0 Å². The number of rotatable bonds is 5. The average molecular weight is 286 g/mol. The van der Waals surface area contributed by atoms with Gasteiger partial charge >= 0.3 is 5.97 Å². The van der Waals surface area contributed by atoms with Crippen LogP contribution in [-0.4, -0.2) is 42.8 Å². The van der Waals surface area contributed by atoms with E-state index in [2.05, 4.69) is 5.32 Å². The van der Waals surface area contributed by atoms with Gasteiger partial charge in [0, 0.05) is 32.2 Å². The summed E-state index contributed by atoms with van der Waals surface area (Å²) >= 11 is 0. The Labute approximate surface area is 120 Å². The number of carboxylic acid groups (broad SMARTS) is 1. The van der Waals surface area contributed by atoms with Crippen LogP contribution in [0.15, 0.2) is 0 Å². The van der Waals surface area contributed by atoms with Gasteiger partial charge < -0.3 is 20.9 Å². The number of nitrogens with two attached hydrogens (primary N) is 1. The van der Waals surface area contributed by atoms with Crippen molar-refractivity contribution in [2.24, 2.45) is 16.6 Å². The van der Waals surface area contributed by atoms with Gasteiger partial charge in [-0.25, -0.2) is 0 Å². The van der Waals surface area contributed by atoms with Crippen molar-refractivity contribution in [3.63, 3.8) is 0 Å². The smallest absolute Gasteiger partial charge is 0.311 e. The van der Waals surface area contributed by atoms with Crippen LogP contribution < -0.4 is 11.1 Å². The first kappa shape index (κ1) is 16.9. The Kier molecular flexibility index (Phi) is 5.53. The second-order valence-electron chi connectivity index (χ2n) is 6.65. The Balaban J connectivity index is 2.52. The third-order valence-corrected chi connectivity index (χ3v) is 4.05. The molecule has 20 heavy (non-hydrogen) atoms. The van der Waals surface area contributed by atoms with Crippen molar-refractivity contribution < 1.29 is 19.4 Å². The summed E-state index contributed by atoms with van der Waals surface area (Å²) in [6.45, 7) is 6.90. The molecular formula is C14H26N2O4. The quantitative estimate of drug-likeness (QED) is 0.692. The molecule has 0 spiro atoms. The molecule has 1 unspecified atom stereocenters. The molecule has 0 saturated carbocycles. The maximum atomic E-state index is 11.9. The number of aliphatic carboxylic acids is 1. The van der Waals surface area contributed by atoms with Gasteiger partial charge in [0.2, 0.25) is 5.91 Å². The number of carbonyl (C=O) groups excluding carboxylic acids is 1. The summed E-state index contributed by atoms with van der Waals surface area (Å²) in [6.07, 6.45) is 1.05. The second kappa shape index (κ2) is 6.54. The van der Waals surface area contributed by atoms with Gasteiger partial charge in [0.15, 0.2) is 0 Å². The van der Waals surface area contributed by atoms with E-state index >= 15 is 0 Å². The molecule has 4 N–H and O–H groups in total. The third-order valence-electron chi connectivity index (χ3n) is 4.05. The summed E-state index contributed by atoms with van der Waals surface area (Å²) < 4.78 is 5.19. The van der Waals surface area contributed by atoms with Crippen molar-refractivity contribution in [1.82, 2.24) is 5.32 Å². The monoisotopic (exact) mass is 286 g/mol. The maximum absolute atomic E-state index is 11.9. The molecule has 116 valence electrons. The van der Waals surface area contributed by atoms with E-state index in [1.165, 1.54) is 0 Å². The molecule has 0 bridgehead atoms. The molecule has 0 aromatic rings. The van der Waals surface area contributed by atoms with Gasteiger partial charge in [-0.05, 0) is 18.3 Å². The van der Waals surface area contributed by atoms with Gasteiger partial charge in [0.1, 0.15) is 0 Å². The molecule has 1 aliphatic rings. The fraction of sp³-hybridized carbons (Fsp3) is 0.857. The summed E-state index contributed by atoms with van der Waals surface area (Å²) in [7, 11) is 0. The van der Waals surface area contributed by atoms with Crippen LogP contribution in [0, 0.1) is 10.8 Å². The van der Waals surface area contributed by atoms with Crippen molar-refractivity contribution >= 4 is 11.9 Å². The summed E-state index contributed by atoms with van der Waals surface area (Å²) in [5.41, 5.74) is 4.90. The molecule has 6 heteroatoms. The molecule has 1 rings (SSSR count). The Bertz CT molecular complexity index is 357. The van der Waals surface area contributed by atoms with Crippen molar-refractivity contribution in [1.29, 1.82) is 0 Å². The zero-order chi connectivity index (χ0) is 15.4. The molecule has 0 radical (unpaired) electrons. The van der Waals surface area contributed by atoms with Crippen LogP contribution in [0.25, 0.3) is 0 Å². The van der Waals surface area contributed by atoms with Gasteiger partial charge in [0.25, 0.3) is 0 Å². The number of hydrogen-bond acceptors (Lipinski definition) is 4. The lowest BCUT2D eigenvalue weighted by atomic mass is 9.80. The minimum atomic E-state index is -0.903. The number of nitrogens with one attached hydrogen (secondary N) is 1. The van der Waals surface area contributed by atoms with Crippen LogP contribution in [0.4, 0.5) is 0 Å². The Morgan fingerprint density at radius 2 is 1.90 bits per heavy atom. The number of carboxylic acids is 1. The zero-order valence-corrected chi connectivity index (χ0v) is 12.6. The predicted molar refractivity (Wildman–Crippen MR) is 75.2 cm³/mol. The van der Waals surface area contributed by atoms with E-state index in [9.17, 15) is 14.7 Å². The highest BCUT2D eigenvalue weighted by Crippen LogP contribution is 2.30. The maximum Gasteiger partial charge on any atom is 0.311 e. The third kappa shape index (κ3) is 4.45. The van der Waals surface area contributed by atoms with Crippen LogP contribution >= 0.6 is 0 Å². The molecule has 0 aromatic heterocycles. The molecule has 1 aliphatic heterocycles. The van der Waals surface area contributed by atoms with E-state index < -0.39 is 11.4 Å². The summed E-state index contributed by atoms with van der Waals surface area (Å²) in [5, 5.41) is 12.1. The van der Waals surface area contributed by atoms with Crippen molar-refractivity contribution in [3.8, 4) is 0 Å². The predicted octanol–water partition coefficient (Wildman–Crippen LogP) is 0.748. The molecule has 1 heterocycles. The van der Waals surface area contributed by atoms with Gasteiger partial charge in [-0.2, -0.15) is 0 Å². The van der Waals surface area contributed by atoms with E-state index in [4.69, 9.17) is 10.5 Å². The topological polar surface area (TPSA) is 102 Å². The summed E-state index contributed by atoms with van der Waals surface area (Å²) in [4.78, 5) is 23.3. The molecule has 1 saturated heterocycles.